The normalized spacial score (nSPS) is 14.5. The molecule has 0 saturated heterocycles. The minimum Gasteiger partial charge on any atom is -0.462 e. The zero-order valence-electron chi connectivity index (χ0n) is 54.0. The Balaban J connectivity index is 5.13. The molecule has 6 atom stereocenters. The molecule has 0 bridgehead atoms. The van der Waals surface area contributed by atoms with Crippen molar-refractivity contribution in [2.75, 3.05) is 39.6 Å². The van der Waals surface area contributed by atoms with Gasteiger partial charge in [-0.1, -0.05) is 279 Å². The standard InChI is InChI=1S/C65H126O17P2/c1-6-10-13-16-18-19-20-21-22-23-24-25-26-27-32-36-41-46-51-65(70)82-61(55-76-63(68)49-44-39-35-31-29-28-30-34-38-42-47-58(5)9-4)57-80-84(73,74)78-53-59(66)52-77-83(71,72)79-56-60(54-75-62(67)48-43-37-15-12-8-3)81-64(69)50-45-40-33-17-14-11-7-2/h58-61,66H,6-57H2,1-5H3,(H,71,72)(H,73,74)/t58?,59-,60+,61+/m0/s1. The van der Waals surface area contributed by atoms with Gasteiger partial charge in [0.25, 0.3) is 0 Å². The van der Waals surface area contributed by atoms with Crippen LogP contribution in [-0.4, -0.2) is 96.7 Å². The lowest BCUT2D eigenvalue weighted by Crippen LogP contribution is -2.30. The number of phosphoric ester groups is 2. The monoisotopic (exact) mass is 1240 g/mol. The molecule has 0 rings (SSSR count). The van der Waals surface area contributed by atoms with Crippen molar-refractivity contribution in [2.45, 2.75) is 348 Å². The van der Waals surface area contributed by atoms with E-state index in [1.807, 2.05) is 0 Å². The molecule has 19 heteroatoms. The van der Waals surface area contributed by atoms with Crippen LogP contribution in [0.2, 0.25) is 0 Å². The quantitative estimate of drug-likeness (QED) is 0.0222. The van der Waals surface area contributed by atoms with Gasteiger partial charge in [0, 0.05) is 25.7 Å². The van der Waals surface area contributed by atoms with Crippen LogP contribution >= 0.6 is 15.6 Å². The summed E-state index contributed by atoms with van der Waals surface area (Å²) >= 11 is 0. The molecule has 84 heavy (non-hydrogen) atoms. The summed E-state index contributed by atoms with van der Waals surface area (Å²) in [4.78, 5) is 71.9. The summed E-state index contributed by atoms with van der Waals surface area (Å²) in [6.45, 7) is 7.10. The number of aliphatic hydroxyl groups is 1. The highest BCUT2D eigenvalue weighted by Gasteiger charge is 2.30. The summed E-state index contributed by atoms with van der Waals surface area (Å²) in [7, 11) is -9.87. The molecule has 0 heterocycles. The fourth-order valence-electron chi connectivity index (χ4n) is 9.73. The van der Waals surface area contributed by atoms with Gasteiger partial charge in [-0.2, -0.15) is 0 Å². The van der Waals surface area contributed by atoms with Crippen LogP contribution in [0.1, 0.15) is 330 Å². The second kappa shape index (κ2) is 58.7. The van der Waals surface area contributed by atoms with Crippen molar-refractivity contribution in [1.29, 1.82) is 0 Å². The van der Waals surface area contributed by atoms with Crippen molar-refractivity contribution in [1.82, 2.24) is 0 Å². The van der Waals surface area contributed by atoms with Crippen LogP contribution in [0.25, 0.3) is 0 Å². The largest absolute Gasteiger partial charge is 0.472 e. The lowest BCUT2D eigenvalue weighted by molar-refractivity contribution is -0.161. The Morgan fingerprint density at radius 2 is 0.571 bits per heavy atom. The van der Waals surface area contributed by atoms with Crippen LogP contribution in [0.15, 0.2) is 0 Å². The van der Waals surface area contributed by atoms with E-state index in [-0.39, 0.29) is 25.7 Å². The van der Waals surface area contributed by atoms with E-state index in [9.17, 15) is 43.2 Å². The third-order valence-electron chi connectivity index (χ3n) is 15.4. The fraction of sp³-hybridized carbons (Fsp3) is 0.938. The minimum atomic E-state index is -4.94. The summed E-state index contributed by atoms with van der Waals surface area (Å²) in [6.07, 6.45) is 43.6. The Morgan fingerprint density at radius 1 is 0.333 bits per heavy atom. The van der Waals surface area contributed by atoms with Gasteiger partial charge >= 0.3 is 39.5 Å². The average Bonchev–Trinajstić information content (AvgIpc) is 3.51. The van der Waals surface area contributed by atoms with Gasteiger partial charge in [0.05, 0.1) is 26.4 Å². The SMILES string of the molecule is CCCCCCCCCCCCCCCCCCCCC(=O)O[C@H](COC(=O)CCCCCCCCCCCCC(C)CC)COP(=O)(O)OC[C@@H](O)COP(=O)(O)OC[C@@H](COC(=O)CCCCCCC)OC(=O)CCCCCCCCC. The smallest absolute Gasteiger partial charge is 0.462 e. The van der Waals surface area contributed by atoms with Gasteiger partial charge in [0.1, 0.15) is 19.3 Å². The molecule has 17 nitrogen and oxygen atoms in total. The molecule has 0 radical (unpaired) electrons. The van der Waals surface area contributed by atoms with Crippen molar-refractivity contribution >= 4 is 39.5 Å². The number of hydrogen-bond acceptors (Lipinski definition) is 15. The van der Waals surface area contributed by atoms with Crippen molar-refractivity contribution in [2.24, 2.45) is 5.92 Å². The number of phosphoric acid groups is 2. The first-order valence-corrected chi connectivity index (χ1v) is 37.2. The predicted octanol–water partition coefficient (Wildman–Crippen LogP) is 18.2. The third-order valence-corrected chi connectivity index (χ3v) is 17.3. The van der Waals surface area contributed by atoms with E-state index in [4.69, 9.17) is 37.0 Å². The first-order chi connectivity index (χ1) is 40.6. The number of hydrogen-bond donors (Lipinski definition) is 3. The number of carbonyl (C=O) groups excluding carboxylic acids is 4. The maximum Gasteiger partial charge on any atom is 0.472 e. The molecule has 0 aliphatic rings. The summed E-state index contributed by atoms with van der Waals surface area (Å²) in [6, 6.07) is 0. The molecule has 0 amide bonds. The lowest BCUT2D eigenvalue weighted by Gasteiger charge is -2.21. The molecule has 0 aliphatic heterocycles. The number of rotatable bonds is 65. The van der Waals surface area contributed by atoms with Crippen LogP contribution in [0.5, 0.6) is 0 Å². The molecule has 0 spiro atoms. The maximum absolute atomic E-state index is 13.0. The van der Waals surface area contributed by atoms with Gasteiger partial charge < -0.3 is 33.8 Å². The second-order valence-electron chi connectivity index (χ2n) is 23.7. The van der Waals surface area contributed by atoms with Crippen molar-refractivity contribution in [3.05, 3.63) is 0 Å². The van der Waals surface area contributed by atoms with Crippen LogP contribution in [-0.2, 0) is 65.4 Å². The zero-order chi connectivity index (χ0) is 62.0. The highest BCUT2D eigenvalue weighted by atomic mass is 31.2. The molecule has 0 fully saturated rings. The van der Waals surface area contributed by atoms with E-state index in [0.717, 1.165) is 115 Å². The Bertz CT molecular complexity index is 1640. The highest BCUT2D eigenvalue weighted by Crippen LogP contribution is 2.45. The topological polar surface area (TPSA) is 237 Å². The number of unbranched alkanes of at least 4 members (excludes halogenated alkanes) is 36. The number of aliphatic hydroxyl groups excluding tert-OH is 1. The molecule has 0 aromatic carbocycles. The zero-order valence-corrected chi connectivity index (χ0v) is 55.8. The van der Waals surface area contributed by atoms with E-state index in [0.29, 0.717) is 25.7 Å². The van der Waals surface area contributed by atoms with Crippen molar-refractivity contribution in [3.63, 3.8) is 0 Å². The van der Waals surface area contributed by atoms with Crippen LogP contribution in [0, 0.1) is 5.92 Å². The van der Waals surface area contributed by atoms with Gasteiger partial charge in [-0.25, -0.2) is 9.13 Å². The third kappa shape index (κ3) is 57.8. The molecule has 0 aliphatic carbocycles. The van der Waals surface area contributed by atoms with E-state index in [1.54, 1.807) is 0 Å². The molecule has 3 unspecified atom stereocenters. The van der Waals surface area contributed by atoms with E-state index >= 15 is 0 Å². The number of carbonyl (C=O) groups is 4. The molecule has 0 aromatic rings. The second-order valence-corrected chi connectivity index (χ2v) is 26.7. The highest BCUT2D eigenvalue weighted by molar-refractivity contribution is 7.47. The summed E-state index contributed by atoms with van der Waals surface area (Å²) in [5.41, 5.74) is 0. The van der Waals surface area contributed by atoms with Crippen LogP contribution < -0.4 is 0 Å². The van der Waals surface area contributed by atoms with E-state index in [1.165, 1.54) is 135 Å². The van der Waals surface area contributed by atoms with Gasteiger partial charge in [-0.3, -0.25) is 37.3 Å². The first-order valence-electron chi connectivity index (χ1n) is 34.2. The maximum atomic E-state index is 13.0. The van der Waals surface area contributed by atoms with Crippen LogP contribution in [0.3, 0.4) is 0 Å². The molecular weight excluding hydrogens is 1110 g/mol. The molecular formula is C65H126O17P2. The Kier molecular flexibility index (Phi) is 57.4. The molecule has 0 aromatic heterocycles. The summed E-state index contributed by atoms with van der Waals surface area (Å²) < 4.78 is 67.7. The summed E-state index contributed by atoms with van der Waals surface area (Å²) in [5.74, 6) is -1.34. The Morgan fingerprint density at radius 3 is 0.845 bits per heavy atom. The van der Waals surface area contributed by atoms with Crippen molar-refractivity contribution in [3.8, 4) is 0 Å². The van der Waals surface area contributed by atoms with Gasteiger partial charge in [-0.05, 0) is 31.6 Å². The van der Waals surface area contributed by atoms with Crippen LogP contribution in [0.4, 0.5) is 0 Å². The number of esters is 4. The van der Waals surface area contributed by atoms with Crippen molar-refractivity contribution < 1.29 is 80.2 Å². The van der Waals surface area contributed by atoms with E-state index < -0.39 is 97.5 Å². The number of ether oxygens (including phenoxy) is 4. The Hall–Kier alpha value is -1.94. The molecule has 498 valence electrons. The van der Waals surface area contributed by atoms with E-state index in [2.05, 4.69) is 34.6 Å². The lowest BCUT2D eigenvalue weighted by atomic mass is 9.99. The summed E-state index contributed by atoms with van der Waals surface area (Å²) in [5, 5.41) is 10.5. The average molecular weight is 1240 g/mol. The minimum absolute atomic E-state index is 0.103. The Labute approximate surface area is 511 Å². The fourth-order valence-corrected chi connectivity index (χ4v) is 11.3. The molecule has 0 saturated carbocycles. The predicted molar refractivity (Wildman–Crippen MR) is 335 cm³/mol. The van der Waals surface area contributed by atoms with Gasteiger partial charge in [0.2, 0.25) is 0 Å². The van der Waals surface area contributed by atoms with Gasteiger partial charge in [0.15, 0.2) is 12.2 Å². The first kappa shape index (κ1) is 82.1. The van der Waals surface area contributed by atoms with Gasteiger partial charge in [-0.15, -0.1) is 0 Å². The molecule has 3 N–H and O–H groups in total.